The molecule has 0 aromatic rings. The summed E-state index contributed by atoms with van der Waals surface area (Å²) in [5.41, 5.74) is 0. The normalized spacial score (nSPS) is 14.2. The van der Waals surface area contributed by atoms with Crippen LogP contribution in [0, 0.1) is 0 Å². The van der Waals surface area contributed by atoms with Crippen molar-refractivity contribution >= 4 is 17.4 Å². The highest BCUT2D eigenvalue weighted by atomic mass is 35.5. The number of halogens is 1. The lowest BCUT2D eigenvalue weighted by Gasteiger charge is -2.03. The largest absolute Gasteiger partial charge is 0.463 e. The van der Waals surface area contributed by atoms with E-state index in [1.165, 1.54) is 0 Å². The second-order valence-electron chi connectivity index (χ2n) is 2.11. The third-order valence-corrected chi connectivity index (χ3v) is 1.23. The fourth-order valence-corrected chi connectivity index (χ4v) is 0.131. The van der Waals surface area contributed by atoms with Crippen molar-refractivity contribution in [1.29, 1.82) is 0 Å². The van der Waals surface area contributed by atoms with E-state index in [4.69, 9.17) is 11.6 Å². The van der Waals surface area contributed by atoms with Crippen molar-refractivity contribution in [1.82, 2.24) is 0 Å². The Morgan fingerprint density at radius 3 is 2.00 bits per heavy atom. The van der Waals surface area contributed by atoms with Crippen LogP contribution in [0.2, 0.25) is 0 Å². The first kappa shape index (κ1) is 7.76. The minimum absolute atomic E-state index is 0.291. The number of carbonyl (C=O) groups excluding carboxylic acids is 1. The van der Waals surface area contributed by atoms with Crippen LogP contribution in [-0.4, -0.2) is 10.7 Å². The first-order valence-corrected chi connectivity index (χ1v) is 2.69. The van der Waals surface area contributed by atoms with Crippen LogP contribution in [0.1, 0.15) is 20.8 Å². The molecule has 0 bridgehead atoms. The number of hydrogen-bond donors (Lipinski definition) is 0. The number of ketones is 1. The summed E-state index contributed by atoms with van der Waals surface area (Å²) in [5, 5.41) is 9.66. The molecule has 2 nitrogen and oxygen atoms in total. The van der Waals surface area contributed by atoms with Crippen LogP contribution in [0.25, 0.3) is 0 Å². The topological polar surface area (TPSA) is 34.4 Å². The molecule has 0 unspecified atom stereocenters. The van der Waals surface area contributed by atoms with Gasteiger partial charge in [-0.15, -0.1) is 11.6 Å². The van der Waals surface area contributed by atoms with E-state index in [1.807, 2.05) is 0 Å². The Labute approximate surface area is 53.7 Å². The Hall–Kier alpha value is -0.240. The van der Waals surface area contributed by atoms with Crippen molar-refractivity contribution in [2.45, 2.75) is 25.6 Å². The molecule has 0 amide bonds. The van der Waals surface area contributed by atoms with Crippen molar-refractivity contribution in [2.24, 2.45) is 0 Å². The molecule has 0 aliphatic rings. The monoisotopic (exact) mass is 136 g/mol. The molecule has 0 N–H and O–H groups in total. The maximum absolute atomic E-state index is 9.66. The molecule has 48 valence electrons. The van der Waals surface area contributed by atoms with Crippen molar-refractivity contribution in [3.63, 3.8) is 0 Å². The molecule has 0 aliphatic carbocycles. The van der Waals surface area contributed by atoms with E-state index in [0.717, 1.165) is 0 Å². The quantitative estimate of drug-likeness (QED) is 0.223. The van der Waals surface area contributed by atoms with Gasteiger partial charge in [-0.3, -0.25) is 0 Å². The molecule has 0 aromatic carbocycles. The van der Waals surface area contributed by atoms with Crippen molar-refractivity contribution in [2.75, 3.05) is 0 Å². The van der Waals surface area contributed by atoms with Crippen molar-refractivity contribution < 1.29 is 9.83 Å². The first-order valence-electron chi connectivity index (χ1n) is 2.31. The van der Waals surface area contributed by atoms with Crippen LogP contribution in [0.15, 0.2) is 0 Å². The van der Waals surface area contributed by atoms with Gasteiger partial charge in [-0.2, -0.15) is 4.58 Å². The van der Waals surface area contributed by atoms with Gasteiger partial charge in [-0.1, -0.05) is 0 Å². The van der Waals surface area contributed by atoms with Gasteiger partial charge < -0.3 is 5.26 Å². The summed E-state index contributed by atoms with van der Waals surface area (Å²) in [7, 11) is 0. The third-order valence-electron chi connectivity index (χ3n) is 0.962. The van der Waals surface area contributed by atoms with E-state index in [0.29, 0.717) is 5.78 Å². The summed E-state index contributed by atoms with van der Waals surface area (Å²) in [4.78, 5) is -0.637. The highest BCUT2D eigenvalue weighted by Crippen LogP contribution is 2.12. The molecule has 3 heteroatoms. The molecule has 0 radical (unpaired) electrons. The predicted octanol–water partition coefficient (Wildman–Crippen LogP) is 0.404. The van der Waals surface area contributed by atoms with E-state index in [-0.39, 0.29) is 0 Å². The van der Waals surface area contributed by atoms with E-state index in [9.17, 15) is 5.26 Å². The SMILES string of the molecule is CC(=[O+][O-])C(C)(C)Cl. The Morgan fingerprint density at radius 1 is 1.62 bits per heavy atom. The Bertz CT molecular complexity index is 101. The van der Waals surface area contributed by atoms with Crippen molar-refractivity contribution in [3.05, 3.63) is 0 Å². The average Bonchev–Trinajstić information content (AvgIpc) is 1.62. The standard InChI is InChI=1S/C5H9ClO2/c1-4(8-7)5(2,3)6/h1-3H3. The van der Waals surface area contributed by atoms with E-state index < -0.39 is 4.87 Å². The van der Waals surface area contributed by atoms with Gasteiger partial charge in [0.1, 0.15) is 0 Å². The van der Waals surface area contributed by atoms with E-state index >= 15 is 0 Å². The predicted molar refractivity (Wildman–Crippen MR) is 30.6 cm³/mol. The molecule has 0 saturated carbocycles. The summed E-state index contributed by atoms with van der Waals surface area (Å²) in [6, 6.07) is 0. The summed E-state index contributed by atoms with van der Waals surface area (Å²) < 4.78 is 3.65. The summed E-state index contributed by atoms with van der Waals surface area (Å²) in [6.07, 6.45) is 0. The first-order chi connectivity index (χ1) is 3.48. The van der Waals surface area contributed by atoms with Crippen LogP contribution in [0.5, 0.6) is 0 Å². The van der Waals surface area contributed by atoms with Gasteiger partial charge in [-0.05, 0) is 13.8 Å². The number of alkyl halides is 1. The van der Waals surface area contributed by atoms with Crippen molar-refractivity contribution in [3.8, 4) is 0 Å². The minimum atomic E-state index is -0.637. The molecule has 0 aromatic heterocycles. The number of rotatable bonds is 1. The summed E-state index contributed by atoms with van der Waals surface area (Å²) >= 11 is 5.62. The second-order valence-corrected chi connectivity index (χ2v) is 3.06. The summed E-state index contributed by atoms with van der Waals surface area (Å²) in [5.74, 6) is 0.291. The highest BCUT2D eigenvalue weighted by molar-refractivity contribution is 6.34. The van der Waals surface area contributed by atoms with E-state index in [1.54, 1.807) is 20.8 Å². The van der Waals surface area contributed by atoms with Gasteiger partial charge >= 0.3 is 5.78 Å². The van der Waals surface area contributed by atoms with Crippen LogP contribution < -0.4 is 5.26 Å². The van der Waals surface area contributed by atoms with Crippen LogP contribution in [-0.2, 0) is 4.58 Å². The van der Waals surface area contributed by atoms with Crippen LogP contribution >= 0.6 is 11.6 Å². The van der Waals surface area contributed by atoms with E-state index in [2.05, 4.69) is 4.58 Å². The van der Waals surface area contributed by atoms with Gasteiger partial charge in [0.05, 0.1) is 6.92 Å². The second kappa shape index (κ2) is 2.35. The molecular weight excluding hydrogens is 128 g/mol. The lowest BCUT2D eigenvalue weighted by Crippen LogP contribution is -2.26. The molecule has 0 aliphatic heterocycles. The van der Waals surface area contributed by atoms with Gasteiger partial charge in [-0.25, -0.2) is 0 Å². The lowest BCUT2D eigenvalue weighted by molar-refractivity contribution is -1.05. The Kier molecular flexibility index (Phi) is 2.28. The van der Waals surface area contributed by atoms with Gasteiger partial charge in [0.25, 0.3) is 0 Å². The Balaban J connectivity index is 4.03. The highest BCUT2D eigenvalue weighted by Gasteiger charge is 2.27. The van der Waals surface area contributed by atoms with Gasteiger partial charge in [0.2, 0.25) is 0 Å². The van der Waals surface area contributed by atoms with Gasteiger partial charge in [0, 0.05) is 0 Å². The maximum atomic E-state index is 9.66. The molecule has 0 saturated heterocycles. The average molecular weight is 137 g/mol. The Morgan fingerprint density at radius 2 is 2.00 bits per heavy atom. The maximum Gasteiger partial charge on any atom is 0.346 e. The van der Waals surface area contributed by atoms with Gasteiger partial charge in [0.15, 0.2) is 4.87 Å². The fraction of sp³-hybridized carbons (Fsp3) is 0.800. The minimum Gasteiger partial charge on any atom is -0.463 e. The zero-order chi connectivity index (χ0) is 6.78. The molecule has 0 spiro atoms. The zero-order valence-electron chi connectivity index (χ0n) is 5.19. The molecular formula is C5H9ClO2. The van der Waals surface area contributed by atoms with Crippen LogP contribution in [0.4, 0.5) is 0 Å². The zero-order valence-corrected chi connectivity index (χ0v) is 5.95. The fourth-order valence-electron chi connectivity index (χ4n) is 0.0991. The number of hydrogen-bond acceptors (Lipinski definition) is 1. The molecule has 0 rings (SSSR count). The third kappa shape index (κ3) is 2.17. The molecule has 0 atom stereocenters. The molecule has 0 heterocycles. The smallest absolute Gasteiger partial charge is 0.346 e. The lowest BCUT2D eigenvalue weighted by atomic mass is 10.1. The summed E-state index contributed by atoms with van der Waals surface area (Å²) in [6.45, 7) is 4.95. The van der Waals surface area contributed by atoms with Crippen LogP contribution in [0.3, 0.4) is 0 Å². The molecule has 8 heavy (non-hydrogen) atoms. The molecule has 0 fully saturated rings.